The Balaban J connectivity index is 2.54. The number of nitrogens with zero attached hydrogens (tertiary/aromatic N) is 3. The second-order valence-electron chi connectivity index (χ2n) is 5.36. The van der Waals surface area contributed by atoms with Crippen molar-refractivity contribution in [2.45, 2.75) is 39.0 Å². The average Bonchev–Trinajstić information content (AvgIpc) is 2.64. The Morgan fingerprint density at radius 1 is 1.44 bits per heavy atom. The highest BCUT2D eigenvalue weighted by atomic mass is 16.4. The van der Waals surface area contributed by atoms with Gasteiger partial charge in [-0.2, -0.15) is 5.10 Å². The van der Waals surface area contributed by atoms with Gasteiger partial charge in [0.25, 0.3) is 0 Å². The Morgan fingerprint density at radius 3 is 2.78 bits per heavy atom. The van der Waals surface area contributed by atoms with Gasteiger partial charge in [0.15, 0.2) is 5.65 Å². The predicted molar refractivity (Wildman–Crippen MR) is 67.6 cm³/mol. The number of fused-ring (bicyclic) bond motifs is 1. The molecule has 18 heavy (non-hydrogen) atoms. The van der Waals surface area contributed by atoms with E-state index in [-0.39, 0.29) is 11.8 Å². The molecule has 0 spiro atoms. The fraction of sp³-hybridized carbons (Fsp3) is 0.462. The number of carboxylic acid groups (broad SMARTS) is 1. The van der Waals surface area contributed by atoms with E-state index in [1.54, 1.807) is 10.7 Å². The van der Waals surface area contributed by atoms with Crippen LogP contribution in [-0.2, 0) is 16.6 Å². The lowest BCUT2D eigenvalue weighted by Gasteiger charge is -2.16. The van der Waals surface area contributed by atoms with E-state index in [1.165, 1.54) is 0 Å². The van der Waals surface area contributed by atoms with Crippen molar-refractivity contribution in [1.29, 1.82) is 0 Å². The number of hydrogen-bond acceptors (Lipinski definition) is 3. The third-order valence-electron chi connectivity index (χ3n) is 2.79. The van der Waals surface area contributed by atoms with Crippen LogP contribution < -0.4 is 0 Å². The summed E-state index contributed by atoms with van der Waals surface area (Å²) in [4.78, 5) is 15.0. The van der Waals surface area contributed by atoms with Gasteiger partial charge in [-0.25, -0.2) is 9.50 Å². The van der Waals surface area contributed by atoms with Crippen LogP contribution in [0.5, 0.6) is 0 Å². The summed E-state index contributed by atoms with van der Waals surface area (Å²) in [7, 11) is 0. The summed E-state index contributed by atoms with van der Waals surface area (Å²) < 4.78 is 1.72. The lowest BCUT2D eigenvalue weighted by molar-refractivity contribution is -0.136. The maximum absolute atomic E-state index is 10.7. The highest BCUT2D eigenvalue weighted by Gasteiger charge is 2.24. The zero-order valence-electron chi connectivity index (χ0n) is 10.8. The van der Waals surface area contributed by atoms with Gasteiger partial charge in [0.2, 0.25) is 0 Å². The highest BCUT2D eigenvalue weighted by molar-refractivity contribution is 5.68. The summed E-state index contributed by atoms with van der Waals surface area (Å²) in [5, 5.41) is 13.4. The lowest BCUT2D eigenvalue weighted by Crippen LogP contribution is -2.15. The number of aryl methyl sites for hydroxylation is 1. The molecule has 0 saturated heterocycles. The first-order chi connectivity index (χ1) is 8.39. The molecule has 0 aliphatic rings. The molecule has 0 bridgehead atoms. The van der Waals surface area contributed by atoms with Crippen molar-refractivity contribution >= 4 is 11.6 Å². The van der Waals surface area contributed by atoms with E-state index in [2.05, 4.69) is 30.9 Å². The summed E-state index contributed by atoms with van der Waals surface area (Å²) in [5.41, 5.74) is 2.48. The minimum Gasteiger partial charge on any atom is -0.481 e. The van der Waals surface area contributed by atoms with Gasteiger partial charge in [0, 0.05) is 29.8 Å². The summed E-state index contributed by atoms with van der Waals surface area (Å²) in [6.07, 6.45) is 4.10. The van der Waals surface area contributed by atoms with Crippen molar-refractivity contribution in [2.75, 3.05) is 0 Å². The molecule has 96 valence electrons. The average molecular weight is 247 g/mol. The smallest absolute Gasteiger partial charge is 0.303 e. The van der Waals surface area contributed by atoms with Crippen molar-refractivity contribution in [3.8, 4) is 0 Å². The van der Waals surface area contributed by atoms with Crippen LogP contribution >= 0.6 is 0 Å². The predicted octanol–water partition coefficient (Wildman–Crippen LogP) is 2.04. The summed E-state index contributed by atoms with van der Waals surface area (Å²) >= 11 is 0. The first kappa shape index (κ1) is 12.5. The van der Waals surface area contributed by atoms with E-state index >= 15 is 0 Å². The molecular formula is C13H17N3O2. The number of carboxylic acids is 1. The Hall–Kier alpha value is -1.91. The van der Waals surface area contributed by atoms with Crippen LogP contribution in [-0.4, -0.2) is 25.7 Å². The molecule has 0 amide bonds. The van der Waals surface area contributed by atoms with Crippen molar-refractivity contribution in [1.82, 2.24) is 14.6 Å². The van der Waals surface area contributed by atoms with Crippen molar-refractivity contribution in [2.24, 2.45) is 0 Å². The van der Waals surface area contributed by atoms with Gasteiger partial charge in [-0.05, 0) is 12.5 Å². The van der Waals surface area contributed by atoms with E-state index in [4.69, 9.17) is 5.11 Å². The van der Waals surface area contributed by atoms with Gasteiger partial charge in [0.1, 0.15) is 0 Å². The van der Waals surface area contributed by atoms with Gasteiger partial charge in [0.05, 0.1) is 5.69 Å². The molecule has 0 saturated carbocycles. The molecular weight excluding hydrogens is 230 g/mol. The first-order valence-electron chi connectivity index (χ1n) is 5.94. The fourth-order valence-electron chi connectivity index (χ4n) is 2.00. The Bertz CT molecular complexity index is 581. The minimum atomic E-state index is -0.801. The van der Waals surface area contributed by atoms with Crippen molar-refractivity contribution in [3.05, 3.63) is 29.7 Å². The third-order valence-corrected chi connectivity index (χ3v) is 2.79. The van der Waals surface area contributed by atoms with E-state index in [0.29, 0.717) is 6.42 Å². The Kier molecular flexibility index (Phi) is 3.07. The number of rotatable bonds is 3. The molecule has 0 aliphatic heterocycles. The molecule has 0 aromatic carbocycles. The molecule has 2 aromatic rings. The van der Waals surface area contributed by atoms with Gasteiger partial charge in [-0.15, -0.1) is 0 Å². The van der Waals surface area contributed by atoms with E-state index in [0.717, 1.165) is 16.9 Å². The van der Waals surface area contributed by atoms with Crippen LogP contribution in [0.1, 0.15) is 38.4 Å². The van der Waals surface area contributed by atoms with Crippen LogP contribution in [0.25, 0.3) is 5.65 Å². The number of carbonyl (C=O) groups is 1. The molecule has 1 N–H and O–H groups in total. The summed E-state index contributed by atoms with van der Waals surface area (Å²) in [5.74, 6) is -0.801. The lowest BCUT2D eigenvalue weighted by atomic mass is 9.88. The summed E-state index contributed by atoms with van der Waals surface area (Å²) in [6, 6.07) is 1.81. The largest absolute Gasteiger partial charge is 0.481 e. The maximum atomic E-state index is 10.7. The molecule has 2 rings (SSSR count). The van der Waals surface area contributed by atoms with E-state index in [1.807, 2.05) is 12.3 Å². The van der Waals surface area contributed by atoms with Gasteiger partial charge < -0.3 is 5.11 Å². The zero-order chi connectivity index (χ0) is 13.3. The SMILES string of the molecule is CC(C)(C)c1nn2cccnc2c1CCC(=O)O. The summed E-state index contributed by atoms with van der Waals surface area (Å²) in [6.45, 7) is 6.21. The maximum Gasteiger partial charge on any atom is 0.303 e. The number of aliphatic carboxylic acids is 1. The molecule has 0 aliphatic carbocycles. The second kappa shape index (κ2) is 4.40. The van der Waals surface area contributed by atoms with Gasteiger partial charge in [-0.1, -0.05) is 20.8 Å². The van der Waals surface area contributed by atoms with Crippen LogP contribution in [0.15, 0.2) is 18.5 Å². The molecule has 0 unspecified atom stereocenters. The third kappa shape index (κ3) is 2.34. The molecule has 0 fully saturated rings. The zero-order valence-corrected chi connectivity index (χ0v) is 10.8. The van der Waals surface area contributed by atoms with E-state index < -0.39 is 5.97 Å². The molecule has 2 heterocycles. The van der Waals surface area contributed by atoms with Crippen LogP contribution in [0.3, 0.4) is 0 Å². The Morgan fingerprint density at radius 2 is 2.17 bits per heavy atom. The minimum absolute atomic E-state index is 0.0982. The van der Waals surface area contributed by atoms with Crippen molar-refractivity contribution in [3.63, 3.8) is 0 Å². The molecule has 5 heteroatoms. The fourth-order valence-corrected chi connectivity index (χ4v) is 2.00. The monoisotopic (exact) mass is 247 g/mol. The van der Waals surface area contributed by atoms with Gasteiger partial charge >= 0.3 is 5.97 Å². The van der Waals surface area contributed by atoms with Crippen LogP contribution in [0.4, 0.5) is 0 Å². The number of hydrogen-bond donors (Lipinski definition) is 1. The first-order valence-corrected chi connectivity index (χ1v) is 5.94. The molecule has 2 aromatic heterocycles. The quantitative estimate of drug-likeness (QED) is 0.901. The van der Waals surface area contributed by atoms with Crippen LogP contribution in [0, 0.1) is 0 Å². The number of aromatic nitrogens is 3. The van der Waals surface area contributed by atoms with E-state index in [9.17, 15) is 4.79 Å². The topological polar surface area (TPSA) is 67.5 Å². The Labute approximate surface area is 105 Å². The van der Waals surface area contributed by atoms with Crippen molar-refractivity contribution < 1.29 is 9.90 Å². The van der Waals surface area contributed by atoms with Crippen LogP contribution in [0.2, 0.25) is 0 Å². The van der Waals surface area contributed by atoms with Gasteiger partial charge in [-0.3, -0.25) is 4.79 Å². The normalized spacial score (nSPS) is 11.9. The highest BCUT2D eigenvalue weighted by Crippen LogP contribution is 2.27. The molecule has 0 radical (unpaired) electrons. The molecule has 0 atom stereocenters. The molecule has 5 nitrogen and oxygen atoms in total. The second-order valence-corrected chi connectivity index (χ2v) is 5.36. The standard InChI is InChI=1S/C13H17N3O2/c1-13(2,3)11-9(5-6-10(17)18)12-14-7-4-8-16(12)15-11/h4,7-8H,5-6H2,1-3H3,(H,17,18).